The summed E-state index contributed by atoms with van der Waals surface area (Å²) < 4.78 is 1.02. The third-order valence-corrected chi connectivity index (χ3v) is 6.83. The van der Waals surface area contributed by atoms with Crippen molar-refractivity contribution < 1.29 is 9.90 Å². The number of thiazole rings is 1. The van der Waals surface area contributed by atoms with Gasteiger partial charge in [-0.05, 0) is 42.2 Å². The zero-order valence-corrected chi connectivity index (χ0v) is 16.4. The van der Waals surface area contributed by atoms with E-state index in [1.807, 2.05) is 18.2 Å². The fraction of sp³-hybridized carbons (Fsp3) is 0.364. The van der Waals surface area contributed by atoms with Crippen molar-refractivity contribution >= 4 is 27.5 Å². The van der Waals surface area contributed by atoms with Gasteiger partial charge in [0.25, 0.3) is 5.91 Å². The normalized spacial score (nSPS) is 23.0. The van der Waals surface area contributed by atoms with E-state index >= 15 is 0 Å². The number of nitrogens with zero attached hydrogens (tertiary/aromatic N) is 3. The zero-order chi connectivity index (χ0) is 19.1. The number of carbonyl (C=O) groups is 1. The first kappa shape index (κ1) is 17.8. The first-order chi connectivity index (χ1) is 13.7. The van der Waals surface area contributed by atoms with Crippen LogP contribution in [0, 0.1) is 0 Å². The van der Waals surface area contributed by atoms with Gasteiger partial charge < -0.3 is 10.0 Å². The van der Waals surface area contributed by atoms with E-state index in [-0.39, 0.29) is 11.9 Å². The van der Waals surface area contributed by atoms with Crippen molar-refractivity contribution in [1.82, 2.24) is 14.8 Å². The summed E-state index contributed by atoms with van der Waals surface area (Å²) in [5, 5.41) is 10.8. The summed E-state index contributed by atoms with van der Waals surface area (Å²) >= 11 is 1.54. The average molecular weight is 394 g/mol. The molecule has 0 unspecified atom stereocenters. The SMILES string of the molecule is O=C(c1ccc2ncsc2c1)N1CC[C@H](N2CCc3ccccc3C2)[C@@H](O)C1. The number of hydrogen-bond acceptors (Lipinski definition) is 5. The predicted molar refractivity (Wildman–Crippen MR) is 110 cm³/mol. The standard InChI is InChI=1S/C22H23N3O2S/c26-20-13-25(22(27)16-5-6-18-21(11-16)28-14-23-18)10-8-19(20)24-9-7-15-3-1-2-4-17(15)12-24/h1-6,11,14,19-20,26H,7-10,12-13H2/t19-,20-/m0/s1. The number of carbonyl (C=O) groups excluding carboxylic acids is 1. The zero-order valence-electron chi connectivity index (χ0n) is 15.6. The molecular weight excluding hydrogens is 370 g/mol. The molecule has 144 valence electrons. The van der Waals surface area contributed by atoms with Crippen LogP contribution in [0.25, 0.3) is 10.2 Å². The lowest BCUT2D eigenvalue weighted by atomic mass is 9.94. The molecule has 0 radical (unpaired) electrons. The molecule has 1 N–H and O–H groups in total. The van der Waals surface area contributed by atoms with Gasteiger partial charge in [0.15, 0.2) is 0 Å². The number of amides is 1. The van der Waals surface area contributed by atoms with Gasteiger partial charge >= 0.3 is 0 Å². The highest BCUT2D eigenvalue weighted by molar-refractivity contribution is 7.16. The van der Waals surface area contributed by atoms with E-state index in [2.05, 4.69) is 34.1 Å². The van der Waals surface area contributed by atoms with Crippen LogP contribution in [0.5, 0.6) is 0 Å². The number of fused-ring (bicyclic) bond motifs is 2. The maximum Gasteiger partial charge on any atom is 0.253 e. The largest absolute Gasteiger partial charge is 0.390 e. The Kier molecular flexibility index (Phi) is 4.62. The number of rotatable bonds is 2. The van der Waals surface area contributed by atoms with Crippen LogP contribution in [-0.2, 0) is 13.0 Å². The van der Waals surface area contributed by atoms with Gasteiger partial charge in [-0.1, -0.05) is 24.3 Å². The summed E-state index contributed by atoms with van der Waals surface area (Å²) in [6.45, 7) is 2.92. The fourth-order valence-corrected chi connectivity index (χ4v) is 5.22. The first-order valence-corrected chi connectivity index (χ1v) is 10.7. The van der Waals surface area contributed by atoms with Gasteiger partial charge in [0.2, 0.25) is 0 Å². The molecule has 1 saturated heterocycles. The minimum Gasteiger partial charge on any atom is -0.390 e. The van der Waals surface area contributed by atoms with Crippen LogP contribution >= 0.6 is 11.3 Å². The smallest absolute Gasteiger partial charge is 0.253 e. The summed E-state index contributed by atoms with van der Waals surface area (Å²) in [4.78, 5) is 21.4. The molecule has 5 rings (SSSR count). The molecule has 0 bridgehead atoms. The Morgan fingerprint density at radius 3 is 2.86 bits per heavy atom. The molecule has 1 amide bonds. The average Bonchev–Trinajstić information content (AvgIpc) is 3.20. The van der Waals surface area contributed by atoms with Crippen molar-refractivity contribution in [3.8, 4) is 0 Å². The predicted octanol–water partition coefficient (Wildman–Crippen LogP) is 2.93. The van der Waals surface area contributed by atoms with E-state index in [9.17, 15) is 9.90 Å². The molecule has 0 saturated carbocycles. The molecule has 3 aromatic rings. The van der Waals surface area contributed by atoms with E-state index in [1.165, 1.54) is 11.1 Å². The van der Waals surface area contributed by atoms with Crippen LogP contribution in [0.2, 0.25) is 0 Å². The van der Waals surface area contributed by atoms with E-state index in [1.54, 1.807) is 21.7 Å². The molecule has 28 heavy (non-hydrogen) atoms. The van der Waals surface area contributed by atoms with Gasteiger partial charge in [-0.15, -0.1) is 11.3 Å². The highest BCUT2D eigenvalue weighted by Crippen LogP contribution is 2.26. The highest BCUT2D eigenvalue weighted by atomic mass is 32.1. The summed E-state index contributed by atoms with van der Waals surface area (Å²) in [6, 6.07) is 14.3. The summed E-state index contributed by atoms with van der Waals surface area (Å²) in [5.74, 6) is -0.00297. The van der Waals surface area contributed by atoms with Crippen LogP contribution in [0.15, 0.2) is 48.0 Å². The number of likely N-dealkylation sites (tertiary alicyclic amines) is 1. The van der Waals surface area contributed by atoms with Crippen molar-refractivity contribution in [2.45, 2.75) is 31.5 Å². The lowest BCUT2D eigenvalue weighted by Gasteiger charge is -2.43. The van der Waals surface area contributed by atoms with E-state index in [0.29, 0.717) is 18.7 Å². The number of aliphatic hydroxyl groups is 1. The molecule has 2 aliphatic heterocycles. The first-order valence-electron chi connectivity index (χ1n) is 9.80. The molecule has 2 aliphatic rings. The van der Waals surface area contributed by atoms with Gasteiger partial charge in [-0.2, -0.15) is 0 Å². The molecule has 0 spiro atoms. The van der Waals surface area contributed by atoms with E-state index < -0.39 is 6.10 Å². The third-order valence-electron chi connectivity index (χ3n) is 6.04. The topological polar surface area (TPSA) is 56.7 Å². The van der Waals surface area contributed by atoms with Crippen molar-refractivity contribution in [3.05, 3.63) is 64.7 Å². The lowest BCUT2D eigenvalue weighted by molar-refractivity contribution is -0.0137. The Hall–Kier alpha value is -2.28. The van der Waals surface area contributed by atoms with Gasteiger partial charge in [-0.25, -0.2) is 4.98 Å². The molecule has 1 aromatic heterocycles. The Bertz CT molecular complexity index is 1020. The van der Waals surface area contributed by atoms with Crippen molar-refractivity contribution in [2.75, 3.05) is 19.6 Å². The maximum absolute atomic E-state index is 12.9. The number of piperidine rings is 1. The number of aromatic nitrogens is 1. The second kappa shape index (κ2) is 7.28. The summed E-state index contributed by atoms with van der Waals surface area (Å²) in [7, 11) is 0. The number of β-amino-alcohol motifs (C(OH)–C–C–N with tert-alkyl or cyclic N) is 1. The quantitative estimate of drug-likeness (QED) is 0.727. The third kappa shape index (κ3) is 3.21. The van der Waals surface area contributed by atoms with Crippen LogP contribution in [-0.4, -0.2) is 57.6 Å². The van der Waals surface area contributed by atoms with Crippen LogP contribution in [0.3, 0.4) is 0 Å². The van der Waals surface area contributed by atoms with Gasteiger partial charge in [0.05, 0.1) is 21.8 Å². The molecule has 2 atom stereocenters. The molecule has 5 nitrogen and oxygen atoms in total. The number of benzene rings is 2. The molecule has 0 aliphatic carbocycles. The fourth-order valence-electron chi connectivity index (χ4n) is 4.50. The second-order valence-corrected chi connectivity index (χ2v) is 8.58. The van der Waals surface area contributed by atoms with Gasteiger partial charge in [0.1, 0.15) is 0 Å². The molecule has 6 heteroatoms. The molecule has 1 fully saturated rings. The number of hydrogen-bond donors (Lipinski definition) is 1. The second-order valence-electron chi connectivity index (χ2n) is 7.70. The summed E-state index contributed by atoms with van der Waals surface area (Å²) in [6.07, 6.45) is 1.31. The molecule has 3 heterocycles. The lowest BCUT2D eigenvalue weighted by Crippen LogP contribution is -2.56. The van der Waals surface area contributed by atoms with Crippen LogP contribution in [0.1, 0.15) is 27.9 Å². The van der Waals surface area contributed by atoms with Crippen LogP contribution in [0.4, 0.5) is 0 Å². The Balaban J connectivity index is 1.27. The monoisotopic (exact) mass is 393 g/mol. The van der Waals surface area contributed by atoms with Gasteiger partial charge in [0, 0.05) is 37.8 Å². The van der Waals surface area contributed by atoms with Crippen molar-refractivity contribution in [1.29, 1.82) is 0 Å². The number of aliphatic hydroxyl groups excluding tert-OH is 1. The minimum atomic E-state index is -0.518. The minimum absolute atomic E-state index is 0.00297. The van der Waals surface area contributed by atoms with Crippen molar-refractivity contribution in [3.63, 3.8) is 0 Å². The van der Waals surface area contributed by atoms with Crippen LogP contribution < -0.4 is 0 Å². The van der Waals surface area contributed by atoms with Gasteiger partial charge in [-0.3, -0.25) is 9.69 Å². The van der Waals surface area contributed by atoms with E-state index in [4.69, 9.17) is 0 Å². The molecule has 2 aromatic carbocycles. The van der Waals surface area contributed by atoms with E-state index in [0.717, 1.165) is 36.1 Å². The van der Waals surface area contributed by atoms with Crippen molar-refractivity contribution in [2.24, 2.45) is 0 Å². The summed E-state index contributed by atoms with van der Waals surface area (Å²) in [5.41, 5.74) is 6.17. The Morgan fingerprint density at radius 2 is 2.00 bits per heavy atom. The molecular formula is C22H23N3O2S. The Labute approximate surface area is 168 Å². The maximum atomic E-state index is 12.9. The highest BCUT2D eigenvalue weighted by Gasteiger charge is 2.35. The Morgan fingerprint density at radius 1 is 1.14 bits per heavy atom.